The summed E-state index contributed by atoms with van der Waals surface area (Å²) in [6.07, 6.45) is 7.37. The molecule has 0 aromatic carbocycles. The highest BCUT2D eigenvalue weighted by atomic mass is 15.3. The zero-order chi connectivity index (χ0) is 15.3. The van der Waals surface area contributed by atoms with Crippen molar-refractivity contribution < 1.29 is 0 Å². The fourth-order valence-electron chi connectivity index (χ4n) is 4.73. The molecule has 4 atom stereocenters. The average molecular weight is 299 g/mol. The molecular formula is C17H25N5. The molecule has 2 aliphatic carbocycles. The van der Waals surface area contributed by atoms with E-state index in [1.165, 1.54) is 25.7 Å². The van der Waals surface area contributed by atoms with E-state index in [9.17, 15) is 0 Å². The molecule has 118 valence electrons. The van der Waals surface area contributed by atoms with Crippen molar-refractivity contribution >= 4 is 16.9 Å². The van der Waals surface area contributed by atoms with Gasteiger partial charge in [0.05, 0.1) is 5.69 Å². The van der Waals surface area contributed by atoms with Crippen LogP contribution in [0.25, 0.3) is 11.0 Å². The van der Waals surface area contributed by atoms with Crippen LogP contribution in [0, 0.1) is 24.7 Å². The highest BCUT2D eigenvalue weighted by Crippen LogP contribution is 2.49. The fraction of sp³-hybridized carbons (Fsp3) is 0.706. The molecule has 2 bridgehead atoms. The lowest BCUT2D eigenvalue weighted by Gasteiger charge is -2.29. The van der Waals surface area contributed by atoms with Crippen molar-refractivity contribution in [1.82, 2.24) is 19.7 Å². The number of aryl methyl sites for hydroxylation is 2. The van der Waals surface area contributed by atoms with Crippen LogP contribution in [-0.2, 0) is 6.54 Å². The standard InChI is InChI=1S/C17H25N5/c1-4-22-16-15(11(3)21-22)18-9-19-17(16)20-10(2)14-8-12-5-6-13(14)7-12/h9-10,12-14H,4-8H2,1-3H3,(H,18,19,20)/t10-,12+,13+,14+/m1/s1. The Morgan fingerprint density at radius 1 is 1.32 bits per heavy atom. The molecule has 0 saturated heterocycles. The Kier molecular flexibility index (Phi) is 3.31. The number of hydrogen-bond donors (Lipinski definition) is 1. The van der Waals surface area contributed by atoms with Gasteiger partial charge >= 0.3 is 0 Å². The van der Waals surface area contributed by atoms with Gasteiger partial charge in [-0.15, -0.1) is 0 Å². The van der Waals surface area contributed by atoms with Crippen LogP contribution in [0.2, 0.25) is 0 Å². The minimum atomic E-state index is 0.467. The van der Waals surface area contributed by atoms with Gasteiger partial charge in [-0.2, -0.15) is 5.10 Å². The molecule has 5 heteroatoms. The monoisotopic (exact) mass is 299 g/mol. The SMILES string of the molecule is CCn1nc(C)c2ncnc(N[C@H](C)[C@@H]3C[C@H]4CC[C@H]3C4)c21. The van der Waals surface area contributed by atoms with Gasteiger partial charge in [0.2, 0.25) is 0 Å². The van der Waals surface area contributed by atoms with Gasteiger partial charge in [0.15, 0.2) is 5.82 Å². The van der Waals surface area contributed by atoms with E-state index in [4.69, 9.17) is 0 Å². The highest BCUT2D eigenvalue weighted by Gasteiger charge is 2.42. The molecular weight excluding hydrogens is 274 g/mol. The summed E-state index contributed by atoms with van der Waals surface area (Å²) < 4.78 is 2.01. The van der Waals surface area contributed by atoms with Gasteiger partial charge in [-0.25, -0.2) is 9.97 Å². The number of rotatable bonds is 4. The quantitative estimate of drug-likeness (QED) is 0.940. The summed E-state index contributed by atoms with van der Waals surface area (Å²) in [6, 6.07) is 0.467. The number of aromatic nitrogens is 4. The third kappa shape index (κ3) is 2.09. The van der Waals surface area contributed by atoms with E-state index in [0.717, 1.165) is 46.8 Å². The van der Waals surface area contributed by atoms with Crippen molar-refractivity contribution in [2.24, 2.45) is 17.8 Å². The first-order chi connectivity index (χ1) is 10.7. The molecule has 2 aromatic rings. The molecule has 22 heavy (non-hydrogen) atoms. The van der Waals surface area contributed by atoms with Crippen molar-refractivity contribution in [3.63, 3.8) is 0 Å². The Labute approximate surface area is 131 Å². The lowest BCUT2D eigenvalue weighted by atomic mass is 9.84. The number of anilines is 1. The summed E-state index contributed by atoms with van der Waals surface area (Å²) in [5.74, 6) is 3.64. The first kappa shape index (κ1) is 14.0. The van der Waals surface area contributed by atoms with Crippen LogP contribution in [-0.4, -0.2) is 25.8 Å². The Bertz CT molecular complexity index is 692. The van der Waals surface area contributed by atoms with E-state index in [0.29, 0.717) is 6.04 Å². The molecule has 1 N–H and O–H groups in total. The zero-order valence-electron chi connectivity index (χ0n) is 13.7. The lowest BCUT2D eigenvalue weighted by Crippen LogP contribution is -2.30. The molecule has 2 fully saturated rings. The first-order valence-electron chi connectivity index (χ1n) is 8.62. The van der Waals surface area contributed by atoms with Gasteiger partial charge in [-0.1, -0.05) is 6.42 Å². The van der Waals surface area contributed by atoms with Gasteiger partial charge in [-0.3, -0.25) is 4.68 Å². The van der Waals surface area contributed by atoms with Gasteiger partial charge in [-0.05, 0) is 57.8 Å². The molecule has 0 aliphatic heterocycles. The van der Waals surface area contributed by atoms with Gasteiger partial charge in [0.1, 0.15) is 17.4 Å². The van der Waals surface area contributed by atoms with Gasteiger partial charge in [0, 0.05) is 12.6 Å². The average Bonchev–Trinajstić information content (AvgIpc) is 3.22. The topological polar surface area (TPSA) is 55.6 Å². The highest BCUT2D eigenvalue weighted by molar-refractivity contribution is 5.87. The second kappa shape index (κ2) is 5.21. The second-order valence-electron chi connectivity index (χ2n) is 7.09. The van der Waals surface area contributed by atoms with Crippen molar-refractivity contribution in [2.75, 3.05) is 5.32 Å². The molecule has 5 nitrogen and oxygen atoms in total. The fourth-order valence-corrected chi connectivity index (χ4v) is 4.73. The normalized spacial score (nSPS) is 28.4. The molecule has 2 heterocycles. The smallest absolute Gasteiger partial charge is 0.155 e. The van der Waals surface area contributed by atoms with Crippen LogP contribution < -0.4 is 5.32 Å². The number of nitrogens with zero attached hydrogens (tertiary/aromatic N) is 4. The van der Waals surface area contributed by atoms with E-state index < -0.39 is 0 Å². The van der Waals surface area contributed by atoms with Crippen LogP contribution in [0.1, 0.15) is 45.2 Å². The van der Waals surface area contributed by atoms with E-state index in [-0.39, 0.29) is 0 Å². The molecule has 0 spiro atoms. The molecule has 4 rings (SSSR count). The summed E-state index contributed by atoms with van der Waals surface area (Å²) in [4.78, 5) is 8.94. The van der Waals surface area contributed by atoms with E-state index in [1.807, 2.05) is 11.6 Å². The summed E-state index contributed by atoms with van der Waals surface area (Å²) in [7, 11) is 0. The second-order valence-corrected chi connectivity index (χ2v) is 7.09. The number of hydrogen-bond acceptors (Lipinski definition) is 4. The van der Waals surface area contributed by atoms with Crippen LogP contribution in [0.15, 0.2) is 6.33 Å². The van der Waals surface area contributed by atoms with Crippen molar-refractivity contribution in [1.29, 1.82) is 0 Å². The minimum Gasteiger partial charge on any atom is -0.365 e. The van der Waals surface area contributed by atoms with Crippen LogP contribution in [0.4, 0.5) is 5.82 Å². The van der Waals surface area contributed by atoms with Crippen molar-refractivity contribution in [3.05, 3.63) is 12.0 Å². The largest absolute Gasteiger partial charge is 0.365 e. The molecule has 0 amide bonds. The number of fused-ring (bicyclic) bond motifs is 3. The van der Waals surface area contributed by atoms with Crippen LogP contribution in [0.3, 0.4) is 0 Å². The predicted octanol–water partition coefficient (Wildman–Crippen LogP) is 3.39. The maximum atomic E-state index is 4.59. The molecule has 0 unspecified atom stereocenters. The Morgan fingerprint density at radius 2 is 2.18 bits per heavy atom. The third-order valence-corrected chi connectivity index (χ3v) is 5.79. The first-order valence-corrected chi connectivity index (χ1v) is 8.62. The van der Waals surface area contributed by atoms with Crippen molar-refractivity contribution in [3.8, 4) is 0 Å². The predicted molar refractivity (Wildman–Crippen MR) is 87.8 cm³/mol. The Hall–Kier alpha value is -1.65. The summed E-state index contributed by atoms with van der Waals surface area (Å²) in [5, 5.41) is 8.27. The maximum Gasteiger partial charge on any atom is 0.155 e. The summed E-state index contributed by atoms with van der Waals surface area (Å²) in [5.41, 5.74) is 3.01. The Morgan fingerprint density at radius 3 is 2.86 bits per heavy atom. The van der Waals surface area contributed by atoms with E-state index in [1.54, 1.807) is 6.33 Å². The Balaban J connectivity index is 1.64. The molecule has 0 radical (unpaired) electrons. The summed E-state index contributed by atoms with van der Waals surface area (Å²) in [6.45, 7) is 7.29. The third-order valence-electron chi connectivity index (χ3n) is 5.79. The zero-order valence-corrected chi connectivity index (χ0v) is 13.7. The maximum absolute atomic E-state index is 4.59. The lowest BCUT2D eigenvalue weighted by molar-refractivity contribution is 0.304. The minimum absolute atomic E-state index is 0.467. The molecule has 2 saturated carbocycles. The molecule has 2 aliphatic rings. The summed E-state index contributed by atoms with van der Waals surface area (Å²) >= 11 is 0. The van der Waals surface area contributed by atoms with Gasteiger partial charge in [0.25, 0.3) is 0 Å². The van der Waals surface area contributed by atoms with Gasteiger partial charge < -0.3 is 5.32 Å². The van der Waals surface area contributed by atoms with Crippen LogP contribution in [0.5, 0.6) is 0 Å². The van der Waals surface area contributed by atoms with E-state index >= 15 is 0 Å². The van der Waals surface area contributed by atoms with E-state index in [2.05, 4.69) is 34.2 Å². The number of nitrogens with one attached hydrogen (secondary N) is 1. The van der Waals surface area contributed by atoms with Crippen LogP contribution >= 0.6 is 0 Å². The molecule has 2 aromatic heterocycles. The van der Waals surface area contributed by atoms with Crippen molar-refractivity contribution in [2.45, 2.75) is 59.0 Å².